The van der Waals surface area contributed by atoms with E-state index < -0.39 is 0 Å². The van der Waals surface area contributed by atoms with Crippen LogP contribution in [0, 0.1) is 6.92 Å². The third kappa shape index (κ3) is 6.85. The molecule has 2 aromatic rings. The Bertz CT molecular complexity index is 521. The lowest BCUT2D eigenvalue weighted by atomic mass is 10.2. The number of aryl methyl sites for hydroxylation is 1. The third-order valence-electron chi connectivity index (χ3n) is 2.39. The summed E-state index contributed by atoms with van der Waals surface area (Å²) in [7, 11) is 0. The van der Waals surface area contributed by atoms with Gasteiger partial charge in [0.2, 0.25) is 0 Å². The molecule has 0 saturated heterocycles. The second-order valence-corrected chi connectivity index (χ2v) is 4.97. The zero-order valence-electron chi connectivity index (χ0n) is 10.8. The molecule has 19 heavy (non-hydrogen) atoms. The number of hydrogen-bond acceptors (Lipinski definition) is 0. The minimum atomic E-state index is 0.284. The van der Waals surface area contributed by atoms with Crippen molar-refractivity contribution in [1.29, 1.82) is 0 Å². The van der Waals surface area contributed by atoms with Crippen LogP contribution in [0.25, 0.3) is 12.2 Å². The summed E-state index contributed by atoms with van der Waals surface area (Å²) in [5.41, 5.74) is 3.49. The first-order valence-electron chi connectivity index (χ1n) is 5.88. The second-order valence-electron chi connectivity index (χ2n) is 3.96. The predicted octanol–water partition coefficient (Wildman–Crippen LogP) is 6.10. The van der Waals surface area contributed by atoms with Crippen LogP contribution in [0.1, 0.15) is 16.7 Å². The molecule has 0 radical (unpaired) electrons. The van der Waals surface area contributed by atoms with Gasteiger partial charge in [-0.1, -0.05) is 96.0 Å². The molecule has 0 bridgehead atoms. The van der Waals surface area contributed by atoms with E-state index in [9.17, 15) is 0 Å². The molecule has 2 heteroatoms. The molecule has 98 valence electrons. The molecule has 0 nitrogen and oxygen atoms in total. The van der Waals surface area contributed by atoms with Crippen molar-refractivity contribution in [3.8, 4) is 0 Å². The SMILES string of the molecule is C=Cc1ccc(C)cc1.ClC(Cl)=Cc1ccccc1. The van der Waals surface area contributed by atoms with Crippen LogP contribution in [0.15, 0.2) is 65.7 Å². The molecule has 2 aromatic carbocycles. The molecule has 0 spiro atoms. The first-order chi connectivity index (χ1) is 9.11. The number of hydrogen-bond donors (Lipinski definition) is 0. The van der Waals surface area contributed by atoms with Crippen molar-refractivity contribution in [2.75, 3.05) is 0 Å². The summed E-state index contributed by atoms with van der Waals surface area (Å²) in [4.78, 5) is 0. The highest BCUT2D eigenvalue weighted by Crippen LogP contribution is 2.12. The lowest BCUT2D eigenvalue weighted by Gasteiger charge is -1.91. The molecule has 0 unspecified atom stereocenters. The largest absolute Gasteiger partial charge is 0.107 e. The highest BCUT2D eigenvalue weighted by molar-refractivity contribution is 6.57. The van der Waals surface area contributed by atoms with Crippen molar-refractivity contribution < 1.29 is 0 Å². The molecule has 0 aliphatic carbocycles. The van der Waals surface area contributed by atoms with Gasteiger partial charge in [-0.3, -0.25) is 0 Å². The predicted molar refractivity (Wildman–Crippen MR) is 87.4 cm³/mol. The summed E-state index contributed by atoms with van der Waals surface area (Å²) < 4.78 is 0.284. The van der Waals surface area contributed by atoms with Gasteiger partial charge in [0.15, 0.2) is 0 Å². The van der Waals surface area contributed by atoms with E-state index in [-0.39, 0.29) is 4.49 Å². The van der Waals surface area contributed by atoms with E-state index in [0.717, 1.165) is 5.56 Å². The van der Waals surface area contributed by atoms with Gasteiger partial charge < -0.3 is 0 Å². The smallest absolute Gasteiger partial charge is 0.0985 e. The Balaban J connectivity index is 0.000000191. The van der Waals surface area contributed by atoms with Crippen LogP contribution in [-0.4, -0.2) is 0 Å². The normalized spacial score (nSPS) is 9.00. The molecule has 0 aliphatic rings. The van der Waals surface area contributed by atoms with E-state index in [0.29, 0.717) is 0 Å². The van der Waals surface area contributed by atoms with Crippen LogP contribution >= 0.6 is 23.2 Å². The van der Waals surface area contributed by atoms with Crippen LogP contribution < -0.4 is 0 Å². The van der Waals surface area contributed by atoms with Crippen molar-refractivity contribution in [1.82, 2.24) is 0 Å². The van der Waals surface area contributed by atoms with Crippen LogP contribution in [0.3, 0.4) is 0 Å². The van der Waals surface area contributed by atoms with Gasteiger partial charge in [-0.25, -0.2) is 0 Å². The number of rotatable bonds is 2. The summed E-state index contributed by atoms with van der Waals surface area (Å²) in [5, 5.41) is 0. The maximum Gasteiger partial charge on any atom is 0.107 e. The highest BCUT2D eigenvalue weighted by Gasteiger charge is 1.85. The summed E-state index contributed by atoms with van der Waals surface area (Å²) in [6.07, 6.45) is 3.54. The van der Waals surface area contributed by atoms with E-state index in [1.165, 1.54) is 11.1 Å². The number of benzene rings is 2. The second kappa shape index (κ2) is 8.58. The van der Waals surface area contributed by atoms with Gasteiger partial charge in [0.1, 0.15) is 4.49 Å². The number of halogens is 2. The van der Waals surface area contributed by atoms with Crippen molar-refractivity contribution >= 4 is 35.4 Å². The van der Waals surface area contributed by atoms with Crippen LogP contribution in [-0.2, 0) is 0 Å². The summed E-state index contributed by atoms with van der Waals surface area (Å²) in [5.74, 6) is 0. The summed E-state index contributed by atoms with van der Waals surface area (Å²) >= 11 is 10.9. The van der Waals surface area contributed by atoms with Crippen molar-refractivity contribution in [3.63, 3.8) is 0 Å². The molecule has 0 saturated carbocycles. The zero-order valence-corrected chi connectivity index (χ0v) is 12.3. The first kappa shape index (κ1) is 15.6. The van der Waals surface area contributed by atoms with E-state index in [1.54, 1.807) is 6.08 Å². The molecular formula is C17H16Cl2. The van der Waals surface area contributed by atoms with Gasteiger partial charge in [0, 0.05) is 0 Å². The van der Waals surface area contributed by atoms with Gasteiger partial charge in [-0.05, 0) is 24.1 Å². The molecule has 0 aliphatic heterocycles. The van der Waals surface area contributed by atoms with Crippen LogP contribution in [0.4, 0.5) is 0 Å². The summed E-state index contributed by atoms with van der Waals surface area (Å²) in [6, 6.07) is 18.0. The van der Waals surface area contributed by atoms with Crippen LogP contribution in [0.5, 0.6) is 0 Å². The standard InChI is InChI=1S/C9H10.C8H6Cl2/c1-3-9-6-4-8(2)5-7-9;9-8(10)6-7-4-2-1-3-5-7/h3-7H,1H2,2H3;1-6H. The lowest BCUT2D eigenvalue weighted by Crippen LogP contribution is -1.71. The van der Waals surface area contributed by atoms with E-state index >= 15 is 0 Å². The maximum absolute atomic E-state index is 5.44. The zero-order chi connectivity index (χ0) is 14.1. The monoisotopic (exact) mass is 290 g/mol. The van der Waals surface area contributed by atoms with Crippen LogP contribution in [0.2, 0.25) is 0 Å². The fourth-order valence-electron chi connectivity index (χ4n) is 1.38. The van der Waals surface area contributed by atoms with E-state index in [2.05, 4.69) is 37.8 Å². The Hall–Kier alpha value is -1.50. The molecule has 0 amide bonds. The Morgan fingerprint density at radius 2 is 1.47 bits per heavy atom. The van der Waals surface area contributed by atoms with Gasteiger partial charge >= 0.3 is 0 Å². The Morgan fingerprint density at radius 3 is 1.95 bits per heavy atom. The highest BCUT2D eigenvalue weighted by atomic mass is 35.5. The van der Waals surface area contributed by atoms with Gasteiger partial charge in [-0.15, -0.1) is 0 Å². The van der Waals surface area contributed by atoms with Crippen molar-refractivity contribution in [2.24, 2.45) is 0 Å². The minimum absolute atomic E-state index is 0.284. The Labute approximate surface area is 125 Å². The molecule has 2 rings (SSSR count). The molecule has 0 atom stereocenters. The average molecular weight is 291 g/mol. The lowest BCUT2D eigenvalue weighted by molar-refractivity contribution is 1.46. The van der Waals surface area contributed by atoms with Gasteiger partial charge in [0.05, 0.1) is 0 Å². The topological polar surface area (TPSA) is 0 Å². The quantitative estimate of drug-likeness (QED) is 0.627. The average Bonchev–Trinajstić information content (AvgIpc) is 2.41. The molecular weight excluding hydrogens is 275 g/mol. The van der Waals surface area contributed by atoms with E-state index in [4.69, 9.17) is 23.2 Å². The third-order valence-corrected chi connectivity index (χ3v) is 2.61. The molecule has 0 N–H and O–H groups in total. The Morgan fingerprint density at radius 1 is 0.895 bits per heavy atom. The molecule has 0 aromatic heterocycles. The maximum atomic E-state index is 5.44. The van der Waals surface area contributed by atoms with Crippen molar-refractivity contribution in [2.45, 2.75) is 6.92 Å². The van der Waals surface area contributed by atoms with E-state index in [1.807, 2.05) is 36.4 Å². The van der Waals surface area contributed by atoms with Crippen molar-refractivity contribution in [3.05, 3.63) is 82.4 Å². The Kier molecular flexibility index (Phi) is 7.02. The van der Waals surface area contributed by atoms with Gasteiger partial charge in [0.25, 0.3) is 0 Å². The fourth-order valence-corrected chi connectivity index (χ4v) is 1.63. The molecule has 0 heterocycles. The fraction of sp³-hybridized carbons (Fsp3) is 0.0588. The first-order valence-corrected chi connectivity index (χ1v) is 6.64. The minimum Gasteiger partial charge on any atom is -0.0985 e. The summed E-state index contributed by atoms with van der Waals surface area (Å²) in [6.45, 7) is 5.74. The molecule has 0 fully saturated rings. The van der Waals surface area contributed by atoms with Gasteiger partial charge in [-0.2, -0.15) is 0 Å².